The Bertz CT molecular complexity index is 325. The van der Waals surface area contributed by atoms with Crippen LogP contribution in [-0.2, 0) is 0 Å². The molecule has 0 aliphatic carbocycles. The molecule has 0 N–H and O–H groups in total. The summed E-state index contributed by atoms with van der Waals surface area (Å²) in [5.41, 5.74) is 1.79. The highest BCUT2D eigenvalue weighted by Gasteiger charge is 2.10. The minimum Gasteiger partial charge on any atom is -0.285 e. The first-order valence-electron chi connectivity index (χ1n) is 4.72. The van der Waals surface area contributed by atoms with Crippen molar-refractivity contribution in [2.75, 3.05) is 6.54 Å². The molecule has 0 unspecified atom stereocenters. The maximum Gasteiger partial charge on any atom is 0.263 e. The van der Waals surface area contributed by atoms with Gasteiger partial charge in [-0.25, -0.2) is 0 Å². The average Bonchev–Trinajstić information content (AvgIpc) is 2.17. The topological polar surface area (TPSA) is 20.3 Å². The van der Waals surface area contributed by atoms with Gasteiger partial charge in [0.1, 0.15) is 0 Å². The molecule has 0 atom stereocenters. The SMILES string of the molecule is CCCN(S)C(=O)c1cccc(C)c1. The Hall–Kier alpha value is -0.960. The fraction of sp³-hybridized carbons (Fsp3) is 0.364. The van der Waals surface area contributed by atoms with Crippen LogP contribution >= 0.6 is 12.8 Å². The van der Waals surface area contributed by atoms with Crippen molar-refractivity contribution in [2.24, 2.45) is 0 Å². The van der Waals surface area contributed by atoms with E-state index < -0.39 is 0 Å². The first-order valence-corrected chi connectivity index (χ1v) is 5.12. The van der Waals surface area contributed by atoms with Gasteiger partial charge in [-0.1, -0.05) is 37.4 Å². The number of carbonyl (C=O) groups is 1. The van der Waals surface area contributed by atoms with Crippen LogP contribution in [-0.4, -0.2) is 16.8 Å². The van der Waals surface area contributed by atoms with E-state index in [0.717, 1.165) is 12.0 Å². The lowest BCUT2D eigenvalue weighted by Crippen LogP contribution is -2.22. The molecule has 0 aromatic heterocycles. The lowest BCUT2D eigenvalue weighted by molar-refractivity contribution is 0.0874. The van der Waals surface area contributed by atoms with Gasteiger partial charge in [0.2, 0.25) is 0 Å². The molecule has 1 amide bonds. The minimum atomic E-state index is -0.0288. The molecule has 3 heteroatoms. The van der Waals surface area contributed by atoms with Crippen molar-refractivity contribution in [3.05, 3.63) is 35.4 Å². The zero-order valence-electron chi connectivity index (χ0n) is 8.53. The Labute approximate surface area is 90.5 Å². The van der Waals surface area contributed by atoms with Gasteiger partial charge in [-0.15, -0.1) is 0 Å². The quantitative estimate of drug-likeness (QED) is 0.759. The summed E-state index contributed by atoms with van der Waals surface area (Å²) in [7, 11) is 0. The number of thiol groups is 1. The summed E-state index contributed by atoms with van der Waals surface area (Å²) < 4.78 is 1.45. The number of carbonyl (C=O) groups excluding carboxylic acids is 1. The third-order valence-electron chi connectivity index (χ3n) is 1.93. The van der Waals surface area contributed by atoms with Crippen molar-refractivity contribution in [1.82, 2.24) is 4.31 Å². The first-order chi connectivity index (χ1) is 6.65. The van der Waals surface area contributed by atoms with Gasteiger partial charge in [-0.05, 0) is 25.5 Å². The first kappa shape index (κ1) is 11.1. The van der Waals surface area contributed by atoms with Crippen LogP contribution in [0.4, 0.5) is 0 Å². The predicted molar refractivity (Wildman–Crippen MR) is 61.5 cm³/mol. The molecule has 2 nitrogen and oxygen atoms in total. The van der Waals surface area contributed by atoms with Crippen LogP contribution in [0.3, 0.4) is 0 Å². The van der Waals surface area contributed by atoms with E-state index in [4.69, 9.17) is 0 Å². The van der Waals surface area contributed by atoms with Gasteiger partial charge in [0.05, 0.1) is 0 Å². The van der Waals surface area contributed by atoms with Crippen molar-refractivity contribution >= 4 is 18.7 Å². The molecule has 0 aliphatic heterocycles. The molecular weight excluding hydrogens is 194 g/mol. The molecule has 0 aliphatic rings. The molecule has 1 rings (SSSR count). The van der Waals surface area contributed by atoms with Crippen LogP contribution < -0.4 is 0 Å². The second-order valence-electron chi connectivity index (χ2n) is 3.30. The summed E-state index contributed by atoms with van der Waals surface area (Å²) in [6.07, 6.45) is 0.918. The van der Waals surface area contributed by atoms with Crippen molar-refractivity contribution in [3.8, 4) is 0 Å². The molecule has 76 valence electrons. The molecule has 1 aromatic carbocycles. The number of nitrogens with zero attached hydrogens (tertiary/aromatic N) is 1. The predicted octanol–water partition coefficient (Wildman–Crippen LogP) is 2.69. The Morgan fingerprint density at radius 1 is 1.50 bits per heavy atom. The molecule has 0 fully saturated rings. The fourth-order valence-corrected chi connectivity index (χ4v) is 1.56. The van der Waals surface area contributed by atoms with E-state index in [2.05, 4.69) is 12.8 Å². The summed E-state index contributed by atoms with van der Waals surface area (Å²) in [4.78, 5) is 11.7. The third kappa shape index (κ3) is 2.77. The van der Waals surface area contributed by atoms with Crippen LogP contribution in [0.5, 0.6) is 0 Å². The maximum absolute atomic E-state index is 11.7. The smallest absolute Gasteiger partial charge is 0.263 e. The van der Waals surface area contributed by atoms with Crippen molar-refractivity contribution in [2.45, 2.75) is 20.3 Å². The Kier molecular flexibility index (Phi) is 4.01. The van der Waals surface area contributed by atoms with E-state index in [9.17, 15) is 4.79 Å². The summed E-state index contributed by atoms with van der Waals surface area (Å²) in [6, 6.07) is 7.55. The summed E-state index contributed by atoms with van der Waals surface area (Å²) in [6.45, 7) is 4.67. The fourth-order valence-electron chi connectivity index (χ4n) is 1.24. The molecule has 0 radical (unpaired) electrons. The van der Waals surface area contributed by atoms with E-state index in [-0.39, 0.29) is 5.91 Å². The zero-order chi connectivity index (χ0) is 10.6. The van der Waals surface area contributed by atoms with Crippen LogP contribution in [0, 0.1) is 6.92 Å². The second kappa shape index (κ2) is 5.05. The van der Waals surface area contributed by atoms with Crippen molar-refractivity contribution in [1.29, 1.82) is 0 Å². The van der Waals surface area contributed by atoms with E-state index in [1.165, 1.54) is 4.31 Å². The third-order valence-corrected chi connectivity index (χ3v) is 2.32. The van der Waals surface area contributed by atoms with Crippen LogP contribution in [0.1, 0.15) is 29.3 Å². The molecule has 0 spiro atoms. The molecule has 0 bridgehead atoms. The van der Waals surface area contributed by atoms with E-state index in [0.29, 0.717) is 12.1 Å². The standard InChI is InChI=1S/C11H15NOS/c1-3-7-12(14)11(13)10-6-4-5-9(2)8-10/h4-6,8,14H,3,7H2,1-2H3. The number of aryl methyl sites for hydroxylation is 1. The molecule has 0 saturated heterocycles. The molecule has 1 aromatic rings. The average molecular weight is 209 g/mol. The summed E-state index contributed by atoms with van der Waals surface area (Å²) >= 11 is 4.13. The van der Waals surface area contributed by atoms with Gasteiger partial charge in [0.15, 0.2) is 0 Å². The maximum atomic E-state index is 11.7. The summed E-state index contributed by atoms with van der Waals surface area (Å²) in [5.74, 6) is -0.0288. The van der Waals surface area contributed by atoms with Gasteiger partial charge >= 0.3 is 0 Å². The number of rotatable bonds is 3. The van der Waals surface area contributed by atoms with Gasteiger partial charge in [-0.3, -0.25) is 9.10 Å². The Morgan fingerprint density at radius 3 is 2.79 bits per heavy atom. The van der Waals surface area contributed by atoms with Crippen LogP contribution in [0.25, 0.3) is 0 Å². The largest absolute Gasteiger partial charge is 0.285 e. The normalized spacial score (nSPS) is 9.93. The number of benzene rings is 1. The van der Waals surface area contributed by atoms with Crippen LogP contribution in [0.2, 0.25) is 0 Å². The monoisotopic (exact) mass is 209 g/mol. The van der Waals surface area contributed by atoms with Gasteiger partial charge < -0.3 is 0 Å². The van der Waals surface area contributed by atoms with E-state index in [1.54, 1.807) is 0 Å². The lowest BCUT2D eigenvalue weighted by atomic mass is 10.1. The molecule has 0 heterocycles. The number of amides is 1. The Balaban J connectivity index is 2.78. The lowest BCUT2D eigenvalue weighted by Gasteiger charge is -2.14. The Morgan fingerprint density at radius 2 is 2.21 bits per heavy atom. The highest BCUT2D eigenvalue weighted by atomic mass is 32.1. The van der Waals surface area contributed by atoms with Gasteiger partial charge in [0, 0.05) is 12.1 Å². The highest BCUT2D eigenvalue weighted by molar-refractivity contribution is 7.78. The van der Waals surface area contributed by atoms with Crippen molar-refractivity contribution in [3.63, 3.8) is 0 Å². The number of hydrogen-bond acceptors (Lipinski definition) is 2. The van der Waals surface area contributed by atoms with E-state index >= 15 is 0 Å². The second-order valence-corrected chi connectivity index (χ2v) is 3.78. The molecule has 14 heavy (non-hydrogen) atoms. The van der Waals surface area contributed by atoms with Crippen molar-refractivity contribution < 1.29 is 4.79 Å². The summed E-state index contributed by atoms with van der Waals surface area (Å²) in [5, 5.41) is 0. The minimum absolute atomic E-state index is 0.0288. The number of hydrogen-bond donors (Lipinski definition) is 1. The molecule has 0 saturated carbocycles. The van der Waals surface area contributed by atoms with Crippen LogP contribution in [0.15, 0.2) is 24.3 Å². The highest BCUT2D eigenvalue weighted by Crippen LogP contribution is 2.09. The zero-order valence-corrected chi connectivity index (χ0v) is 9.42. The van der Waals surface area contributed by atoms with E-state index in [1.807, 2.05) is 38.1 Å². The molecular formula is C11H15NOS. The van der Waals surface area contributed by atoms with Gasteiger partial charge in [-0.2, -0.15) is 0 Å². The van der Waals surface area contributed by atoms with Gasteiger partial charge in [0.25, 0.3) is 5.91 Å².